The van der Waals surface area contributed by atoms with Crippen LogP contribution in [0.3, 0.4) is 0 Å². The van der Waals surface area contributed by atoms with E-state index < -0.39 is 0 Å². The zero-order valence-electron chi connectivity index (χ0n) is 6.00. The van der Waals surface area contributed by atoms with Gasteiger partial charge in [0.25, 0.3) is 0 Å². The molecular formula is C10H7O. The maximum Gasteiger partial charge on any atom is 0.233 e. The molecule has 0 amide bonds. The van der Waals surface area contributed by atoms with E-state index in [1.807, 2.05) is 24.5 Å². The third kappa shape index (κ3) is 0.891. The molecule has 11 heavy (non-hydrogen) atoms. The molecule has 0 unspecified atom stereocenters. The topological polar surface area (TPSA) is 17.1 Å². The quantitative estimate of drug-likeness (QED) is 0.585. The third-order valence-electron chi connectivity index (χ3n) is 1.94. The van der Waals surface area contributed by atoms with Crippen LogP contribution >= 0.6 is 0 Å². The summed E-state index contributed by atoms with van der Waals surface area (Å²) >= 11 is 0. The van der Waals surface area contributed by atoms with E-state index in [1.54, 1.807) is 6.07 Å². The number of hydrogen-bond acceptors (Lipinski definition) is 1. The molecule has 1 radical (unpaired) electrons. The Morgan fingerprint density at radius 1 is 1.36 bits per heavy atom. The maximum atomic E-state index is 10.4. The van der Waals surface area contributed by atoms with E-state index in [2.05, 4.69) is 6.08 Å². The van der Waals surface area contributed by atoms with Crippen LogP contribution in [0.25, 0.3) is 6.08 Å². The molecule has 0 aromatic heterocycles. The van der Waals surface area contributed by atoms with Gasteiger partial charge in [0.2, 0.25) is 6.29 Å². The molecule has 1 aliphatic rings. The second-order valence-corrected chi connectivity index (χ2v) is 2.58. The highest BCUT2D eigenvalue weighted by atomic mass is 16.1. The van der Waals surface area contributed by atoms with Crippen molar-refractivity contribution in [1.82, 2.24) is 0 Å². The van der Waals surface area contributed by atoms with E-state index in [1.165, 1.54) is 0 Å². The summed E-state index contributed by atoms with van der Waals surface area (Å²) in [5.74, 6) is 0. The summed E-state index contributed by atoms with van der Waals surface area (Å²) in [4.78, 5) is 10.4. The van der Waals surface area contributed by atoms with Gasteiger partial charge in [-0.25, -0.2) is 0 Å². The van der Waals surface area contributed by atoms with E-state index in [0.717, 1.165) is 17.5 Å². The summed E-state index contributed by atoms with van der Waals surface area (Å²) in [5, 5.41) is 0. The molecule has 1 aromatic rings. The first-order valence-electron chi connectivity index (χ1n) is 3.58. The highest BCUT2D eigenvalue weighted by Gasteiger charge is 2.08. The Morgan fingerprint density at radius 3 is 3.09 bits per heavy atom. The van der Waals surface area contributed by atoms with Crippen LogP contribution in [0, 0.1) is 0 Å². The Kier molecular flexibility index (Phi) is 1.35. The van der Waals surface area contributed by atoms with Crippen molar-refractivity contribution >= 4 is 12.4 Å². The lowest BCUT2D eigenvalue weighted by Crippen LogP contribution is -1.90. The molecule has 53 valence electrons. The molecule has 2 rings (SSSR count). The fourth-order valence-electron chi connectivity index (χ4n) is 1.39. The van der Waals surface area contributed by atoms with Crippen LogP contribution in [-0.2, 0) is 11.2 Å². The summed E-state index contributed by atoms with van der Waals surface area (Å²) in [6.45, 7) is 0. The molecule has 1 nitrogen and oxygen atoms in total. The second-order valence-electron chi connectivity index (χ2n) is 2.58. The fraction of sp³-hybridized carbons (Fsp3) is 0.100. The molecule has 0 aliphatic heterocycles. The molecule has 1 aliphatic carbocycles. The van der Waals surface area contributed by atoms with Crippen LogP contribution in [0.2, 0.25) is 0 Å². The van der Waals surface area contributed by atoms with Crippen LogP contribution in [0.1, 0.15) is 16.7 Å². The van der Waals surface area contributed by atoms with Crippen LogP contribution < -0.4 is 0 Å². The predicted molar refractivity (Wildman–Crippen MR) is 44.0 cm³/mol. The molecule has 1 aromatic carbocycles. The molecule has 0 N–H and O–H groups in total. The van der Waals surface area contributed by atoms with Gasteiger partial charge in [-0.05, 0) is 17.5 Å². The lowest BCUT2D eigenvalue weighted by atomic mass is 10.0. The van der Waals surface area contributed by atoms with Crippen molar-refractivity contribution in [2.45, 2.75) is 6.42 Å². The molecule has 0 atom stereocenters. The van der Waals surface area contributed by atoms with Crippen LogP contribution in [0.15, 0.2) is 24.3 Å². The molecule has 0 saturated heterocycles. The molecule has 0 saturated carbocycles. The minimum Gasteiger partial charge on any atom is -0.285 e. The Morgan fingerprint density at radius 2 is 2.27 bits per heavy atom. The van der Waals surface area contributed by atoms with Crippen molar-refractivity contribution < 1.29 is 4.79 Å². The van der Waals surface area contributed by atoms with Crippen molar-refractivity contribution in [2.24, 2.45) is 0 Å². The molecule has 1 heteroatoms. The Labute approximate surface area is 65.4 Å². The molecule has 0 fully saturated rings. The van der Waals surface area contributed by atoms with Crippen molar-refractivity contribution in [3.05, 3.63) is 41.0 Å². The Balaban J connectivity index is 2.63. The number of fused-ring (bicyclic) bond motifs is 1. The Hall–Kier alpha value is -1.37. The predicted octanol–water partition coefficient (Wildman–Crippen LogP) is 1.71. The van der Waals surface area contributed by atoms with Gasteiger partial charge in [-0.3, -0.25) is 4.79 Å². The molecular weight excluding hydrogens is 136 g/mol. The van der Waals surface area contributed by atoms with E-state index in [9.17, 15) is 4.79 Å². The fourth-order valence-corrected chi connectivity index (χ4v) is 1.39. The minimum atomic E-state index is 0.701. The zero-order chi connectivity index (χ0) is 7.68. The number of hydrogen-bond donors (Lipinski definition) is 0. The van der Waals surface area contributed by atoms with Gasteiger partial charge >= 0.3 is 0 Å². The van der Waals surface area contributed by atoms with E-state index in [-0.39, 0.29) is 0 Å². The summed E-state index contributed by atoms with van der Waals surface area (Å²) in [6.07, 6.45) is 6.91. The molecule has 0 bridgehead atoms. The van der Waals surface area contributed by atoms with Gasteiger partial charge in [-0.15, -0.1) is 0 Å². The Bertz CT molecular complexity index is 324. The summed E-state index contributed by atoms with van der Waals surface area (Å²) in [6, 6.07) is 5.70. The van der Waals surface area contributed by atoms with Gasteiger partial charge in [0.1, 0.15) is 0 Å². The first-order valence-corrected chi connectivity index (χ1v) is 3.58. The average Bonchev–Trinajstić information content (AvgIpc) is 2.50. The molecule has 0 spiro atoms. The van der Waals surface area contributed by atoms with Gasteiger partial charge in [0, 0.05) is 5.56 Å². The van der Waals surface area contributed by atoms with Gasteiger partial charge < -0.3 is 0 Å². The van der Waals surface area contributed by atoms with E-state index in [4.69, 9.17) is 0 Å². The lowest BCUT2D eigenvalue weighted by Gasteiger charge is -1.99. The first kappa shape index (κ1) is 6.35. The monoisotopic (exact) mass is 143 g/mol. The van der Waals surface area contributed by atoms with Gasteiger partial charge in [-0.2, -0.15) is 0 Å². The highest BCUT2D eigenvalue weighted by Crippen LogP contribution is 2.21. The van der Waals surface area contributed by atoms with Gasteiger partial charge in [0.05, 0.1) is 0 Å². The third-order valence-corrected chi connectivity index (χ3v) is 1.94. The number of carbonyl (C=O) groups excluding carboxylic acids is 1. The largest absolute Gasteiger partial charge is 0.285 e. The van der Waals surface area contributed by atoms with Crippen LogP contribution in [-0.4, -0.2) is 6.29 Å². The van der Waals surface area contributed by atoms with Crippen molar-refractivity contribution in [3.8, 4) is 0 Å². The van der Waals surface area contributed by atoms with Gasteiger partial charge in [0.15, 0.2) is 0 Å². The number of rotatable bonds is 1. The number of benzene rings is 1. The molecule has 0 heterocycles. The first-order chi connectivity index (χ1) is 5.42. The smallest absolute Gasteiger partial charge is 0.233 e. The van der Waals surface area contributed by atoms with Gasteiger partial charge in [-0.1, -0.05) is 30.4 Å². The van der Waals surface area contributed by atoms with Crippen LogP contribution in [0.4, 0.5) is 0 Å². The van der Waals surface area contributed by atoms with Crippen LogP contribution in [0.5, 0.6) is 0 Å². The SMILES string of the molecule is O=[C]c1cccc2c1CC=C2. The maximum absolute atomic E-state index is 10.4. The zero-order valence-corrected chi connectivity index (χ0v) is 6.00. The average molecular weight is 143 g/mol. The normalized spacial score (nSPS) is 13.1. The summed E-state index contributed by atoms with van der Waals surface area (Å²) in [5.41, 5.74) is 2.97. The highest BCUT2D eigenvalue weighted by molar-refractivity contribution is 5.81. The lowest BCUT2D eigenvalue weighted by molar-refractivity contribution is 0.562. The second kappa shape index (κ2) is 2.35. The van der Waals surface area contributed by atoms with E-state index >= 15 is 0 Å². The van der Waals surface area contributed by atoms with E-state index in [0.29, 0.717) is 5.56 Å². The number of allylic oxidation sites excluding steroid dienone is 1. The summed E-state index contributed by atoms with van der Waals surface area (Å²) < 4.78 is 0. The van der Waals surface area contributed by atoms with Crippen molar-refractivity contribution in [3.63, 3.8) is 0 Å². The standard InChI is InChI=1S/C10H7O/c11-7-9-5-1-3-8-4-2-6-10(8)9/h1-5H,6H2. The van der Waals surface area contributed by atoms with Crippen molar-refractivity contribution in [1.29, 1.82) is 0 Å². The summed E-state index contributed by atoms with van der Waals surface area (Å²) in [7, 11) is 0. The minimum absolute atomic E-state index is 0.701. The van der Waals surface area contributed by atoms with Crippen molar-refractivity contribution in [2.75, 3.05) is 0 Å².